The van der Waals surface area contributed by atoms with Crippen molar-refractivity contribution in [3.05, 3.63) is 42.0 Å². The van der Waals surface area contributed by atoms with Crippen LogP contribution in [0.4, 0.5) is 18.9 Å². The molecule has 1 fully saturated rings. The first kappa shape index (κ1) is 15.6. The summed E-state index contributed by atoms with van der Waals surface area (Å²) in [5.74, 6) is -3.96. The minimum Gasteiger partial charge on any atom is -0.481 e. The number of aliphatic carboxylic acids is 1. The van der Waals surface area contributed by atoms with Gasteiger partial charge in [-0.05, 0) is 30.4 Å². The molecule has 1 aromatic carbocycles. The molecule has 1 aromatic rings. The first-order valence-electron chi connectivity index (χ1n) is 7.17. The zero-order valence-corrected chi connectivity index (χ0v) is 11.9. The minimum absolute atomic E-state index is 0.230. The Morgan fingerprint density at radius 1 is 1.09 bits per heavy atom. The highest BCUT2D eigenvalue weighted by molar-refractivity contribution is 5.97. The van der Waals surface area contributed by atoms with E-state index in [0.29, 0.717) is 6.42 Å². The third-order valence-electron chi connectivity index (χ3n) is 4.54. The maximum absolute atomic E-state index is 13.0. The summed E-state index contributed by atoms with van der Waals surface area (Å²) < 4.78 is 38.9. The monoisotopic (exact) mass is 325 g/mol. The fourth-order valence-corrected chi connectivity index (χ4v) is 3.57. The van der Waals surface area contributed by atoms with Crippen LogP contribution in [0.3, 0.4) is 0 Å². The number of carboxylic acids is 1. The number of amides is 1. The summed E-state index contributed by atoms with van der Waals surface area (Å²) in [7, 11) is 0. The van der Waals surface area contributed by atoms with E-state index in [1.165, 1.54) is 18.2 Å². The Balaban J connectivity index is 1.86. The Kier molecular flexibility index (Phi) is 3.66. The number of halogens is 3. The van der Waals surface area contributed by atoms with Crippen molar-refractivity contribution in [1.29, 1.82) is 0 Å². The standard InChI is InChI=1S/C16H14F3NO3/c17-16(18,19)10-3-1-2-4-11(10)20-14(21)12-8-5-6-9(7-8)13(12)15(22)23/h1-6,8-9,12-13H,7H2,(H,20,21)(H,22,23)/t8-,9+,12+,13+/m1/s1. The van der Waals surface area contributed by atoms with Crippen LogP contribution in [0.25, 0.3) is 0 Å². The largest absolute Gasteiger partial charge is 0.481 e. The van der Waals surface area contributed by atoms with Crippen LogP contribution in [-0.2, 0) is 15.8 Å². The second kappa shape index (κ2) is 5.40. The summed E-state index contributed by atoms with van der Waals surface area (Å²) in [6.45, 7) is 0. The van der Waals surface area contributed by atoms with Gasteiger partial charge in [-0.15, -0.1) is 0 Å². The first-order chi connectivity index (χ1) is 10.8. The van der Waals surface area contributed by atoms with E-state index in [0.717, 1.165) is 6.07 Å². The van der Waals surface area contributed by atoms with Gasteiger partial charge in [-0.3, -0.25) is 9.59 Å². The smallest absolute Gasteiger partial charge is 0.418 e. The Morgan fingerprint density at radius 3 is 2.30 bits per heavy atom. The van der Waals surface area contributed by atoms with E-state index in [1.807, 2.05) is 0 Å². The number of benzene rings is 1. The molecule has 4 nitrogen and oxygen atoms in total. The molecule has 0 heterocycles. The zero-order chi connectivity index (χ0) is 16.8. The van der Waals surface area contributed by atoms with E-state index < -0.39 is 35.5 Å². The average Bonchev–Trinajstić information content (AvgIpc) is 3.07. The van der Waals surface area contributed by atoms with Gasteiger partial charge >= 0.3 is 12.1 Å². The molecule has 0 spiro atoms. The summed E-state index contributed by atoms with van der Waals surface area (Å²) in [6.07, 6.45) is -0.485. The maximum atomic E-state index is 13.0. The van der Waals surface area contributed by atoms with Crippen LogP contribution in [0, 0.1) is 23.7 Å². The van der Waals surface area contributed by atoms with Gasteiger partial charge in [0.25, 0.3) is 0 Å². The number of carboxylic acid groups (broad SMARTS) is 1. The third kappa shape index (κ3) is 2.71. The molecule has 0 unspecified atom stereocenters. The van der Waals surface area contributed by atoms with E-state index in [4.69, 9.17) is 0 Å². The van der Waals surface area contributed by atoms with Gasteiger partial charge in [0.05, 0.1) is 23.1 Å². The molecule has 2 aliphatic carbocycles. The van der Waals surface area contributed by atoms with Crippen LogP contribution in [0.5, 0.6) is 0 Å². The number of alkyl halides is 3. The molecule has 0 radical (unpaired) electrons. The van der Waals surface area contributed by atoms with E-state index >= 15 is 0 Å². The lowest BCUT2D eigenvalue weighted by Crippen LogP contribution is -2.36. The Labute approximate surface area is 130 Å². The van der Waals surface area contributed by atoms with Gasteiger partial charge in [-0.1, -0.05) is 24.3 Å². The van der Waals surface area contributed by atoms with Gasteiger partial charge in [0.1, 0.15) is 0 Å². The number of allylic oxidation sites excluding steroid dienone is 2. The highest BCUT2D eigenvalue weighted by Gasteiger charge is 2.51. The first-order valence-corrected chi connectivity index (χ1v) is 7.17. The molecule has 23 heavy (non-hydrogen) atoms. The maximum Gasteiger partial charge on any atom is 0.418 e. The van der Waals surface area contributed by atoms with Crippen LogP contribution < -0.4 is 5.32 Å². The lowest BCUT2D eigenvalue weighted by atomic mass is 9.82. The Bertz CT molecular complexity index is 683. The predicted octanol–water partition coefficient (Wildman–Crippen LogP) is 3.17. The van der Waals surface area contributed by atoms with Crippen molar-refractivity contribution in [2.75, 3.05) is 5.32 Å². The molecule has 0 saturated heterocycles. The molecular formula is C16H14F3NO3. The van der Waals surface area contributed by atoms with Crippen molar-refractivity contribution in [3.63, 3.8) is 0 Å². The third-order valence-corrected chi connectivity index (χ3v) is 4.54. The summed E-state index contributed by atoms with van der Waals surface area (Å²) >= 11 is 0. The fourth-order valence-electron chi connectivity index (χ4n) is 3.57. The molecule has 2 bridgehead atoms. The molecule has 0 aromatic heterocycles. The number of anilines is 1. The van der Waals surface area contributed by atoms with Crippen molar-refractivity contribution in [1.82, 2.24) is 0 Å². The number of nitrogens with one attached hydrogen (secondary N) is 1. The van der Waals surface area contributed by atoms with Crippen molar-refractivity contribution in [3.8, 4) is 0 Å². The number of hydrogen-bond acceptors (Lipinski definition) is 2. The second-order valence-corrected chi connectivity index (χ2v) is 5.87. The van der Waals surface area contributed by atoms with Gasteiger partial charge in [-0.25, -0.2) is 0 Å². The zero-order valence-electron chi connectivity index (χ0n) is 11.9. The van der Waals surface area contributed by atoms with Crippen molar-refractivity contribution in [2.24, 2.45) is 23.7 Å². The topological polar surface area (TPSA) is 66.4 Å². The number of carbonyl (C=O) groups is 2. The van der Waals surface area contributed by atoms with Gasteiger partial charge in [0, 0.05) is 0 Å². The SMILES string of the molecule is O=C(Nc1ccccc1C(F)(F)F)[C@@H]1[C@@H](C(=O)O)[C@H]2C=C[C@@H]1C2. The van der Waals surface area contributed by atoms with Crippen LogP contribution in [0.2, 0.25) is 0 Å². The molecule has 7 heteroatoms. The number of hydrogen-bond donors (Lipinski definition) is 2. The number of fused-ring (bicyclic) bond motifs is 2. The molecule has 4 atom stereocenters. The van der Waals surface area contributed by atoms with E-state index in [2.05, 4.69) is 5.32 Å². The summed E-state index contributed by atoms with van der Waals surface area (Å²) in [4.78, 5) is 23.8. The Morgan fingerprint density at radius 2 is 1.70 bits per heavy atom. The molecule has 3 rings (SSSR count). The van der Waals surface area contributed by atoms with Gasteiger partial charge in [0.2, 0.25) is 5.91 Å². The van der Waals surface area contributed by atoms with Crippen LogP contribution in [0.1, 0.15) is 12.0 Å². The van der Waals surface area contributed by atoms with Gasteiger partial charge in [-0.2, -0.15) is 13.2 Å². The Hall–Kier alpha value is -2.31. The van der Waals surface area contributed by atoms with Crippen LogP contribution in [0.15, 0.2) is 36.4 Å². The highest BCUT2D eigenvalue weighted by atomic mass is 19.4. The molecule has 1 amide bonds. The number of para-hydroxylation sites is 1. The molecule has 0 aliphatic heterocycles. The molecule has 2 N–H and O–H groups in total. The predicted molar refractivity (Wildman–Crippen MR) is 75.4 cm³/mol. The fraction of sp³-hybridized carbons (Fsp3) is 0.375. The highest BCUT2D eigenvalue weighted by Crippen LogP contribution is 2.48. The van der Waals surface area contributed by atoms with Gasteiger partial charge in [0.15, 0.2) is 0 Å². The van der Waals surface area contributed by atoms with E-state index in [-0.39, 0.29) is 17.5 Å². The number of carbonyl (C=O) groups excluding carboxylic acids is 1. The van der Waals surface area contributed by atoms with E-state index in [9.17, 15) is 27.9 Å². The van der Waals surface area contributed by atoms with Crippen molar-refractivity contribution >= 4 is 17.6 Å². The summed E-state index contributed by atoms with van der Waals surface area (Å²) in [5.41, 5.74) is -1.29. The van der Waals surface area contributed by atoms with Crippen LogP contribution in [-0.4, -0.2) is 17.0 Å². The summed E-state index contributed by atoms with van der Waals surface area (Å²) in [5, 5.41) is 11.6. The molecular weight excluding hydrogens is 311 g/mol. The summed E-state index contributed by atoms with van der Waals surface area (Å²) in [6, 6.07) is 4.67. The van der Waals surface area contributed by atoms with E-state index in [1.54, 1.807) is 12.2 Å². The normalized spacial score (nSPS) is 28.8. The second-order valence-electron chi connectivity index (χ2n) is 5.87. The van der Waals surface area contributed by atoms with Gasteiger partial charge < -0.3 is 10.4 Å². The lowest BCUT2D eigenvalue weighted by Gasteiger charge is -2.24. The molecule has 2 aliphatic rings. The lowest BCUT2D eigenvalue weighted by molar-refractivity contribution is -0.147. The van der Waals surface area contributed by atoms with Crippen LogP contribution >= 0.6 is 0 Å². The average molecular weight is 325 g/mol. The minimum atomic E-state index is -4.59. The van der Waals surface area contributed by atoms with Crippen molar-refractivity contribution < 1.29 is 27.9 Å². The molecule has 1 saturated carbocycles. The quantitative estimate of drug-likeness (QED) is 0.839. The number of rotatable bonds is 3. The molecule has 122 valence electrons. The van der Waals surface area contributed by atoms with Crippen molar-refractivity contribution in [2.45, 2.75) is 12.6 Å².